The van der Waals surface area contributed by atoms with Gasteiger partial charge in [0.2, 0.25) is 0 Å². The van der Waals surface area contributed by atoms with Crippen LogP contribution in [0.2, 0.25) is 0 Å². The minimum absolute atomic E-state index is 0.000566. The van der Waals surface area contributed by atoms with E-state index in [-0.39, 0.29) is 12.0 Å². The van der Waals surface area contributed by atoms with E-state index in [0.717, 1.165) is 0 Å². The maximum atomic E-state index is 12.7. The largest absolute Gasteiger partial charge is 0.491 e. The van der Waals surface area contributed by atoms with Crippen LogP contribution in [0.3, 0.4) is 0 Å². The lowest BCUT2D eigenvalue weighted by atomic mass is 10.1. The Balaban J connectivity index is 2.19. The van der Waals surface area contributed by atoms with Crippen LogP contribution in [0.15, 0.2) is 48.5 Å². The van der Waals surface area contributed by atoms with E-state index in [9.17, 15) is 4.79 Å². The van der Waals surface area contributed by atoms with E-state index in [4.69, 9.17) is 9.47 Å². The number of amides is 1. The van der Waals surface area contributed by atoms with Gasteiger partial charge in [0.05, 0.1) is 24.0 Å². The normalized spacial score (nSPS) is 10.8. The first-order chi connectivity index (χ1) is 11.5. The molecule has 4 heteroatoms. The molecule has 2 aromatic rings. The first-order valence-corrected chi connectivity index (χ1v) is 8.26. The fourth-order valence-corrected chi connectivity index (χ4v) is 2.15. The van der Waals surface area contributed by atoms with Crippen molar-refractivity contribution in [1.29, 1.82) is 0 Å². The van der Waals surface area contributed by atoms with E-state index in [1.165, 1.54) is 0 Å². The summed E-state index contributed by atoms with van der Waals surface area (Å²) in [6, 6.07) is 14.7. The molecule has 1 N–H and O–H groups in total. The molecule has 0 aliphatic rings. The zero-order valence-corrected chi connectivity index (χ0v) is 14.7. The topological polar surface area (TPSA) is 47.6 Å². The lowest BCUT2D eigenvalue weighted by Gasteiger charge is -2.16. The number of benzene rings is 2. The van der Waals surface area contributed by atoms with Crippen molar-refractivity contribution in [3.05, 3.63) is 54.1 Å². The van der Waals surface area contributed by atoms with Crippen LogP contribution in [0, 0.1) is 5.92 Å². The summed E-state index contributed by atoms with van der Waals surface area (Å²) < 4.78 is 11.5. The Labute approximate surface area is 143 Å². The number of ether oxygens (including phenoxy) is 2. The van der Waals surface area contributed by atoms with Gasteiger partial charge in [-0.15, -0.1) is 0 Å². The van der Waals surface area contributed by atoms with Crippen LogP contribution in [0.4, 0.5) is 5.69 Å². The van der Waals surface area contributed by atoms with Crippen molar-refractivity contribution in [1.82, 2.24) is 0 Å². The Kier molecular flexibility index (Phi) is 6.24. The molecule has 128 valence electrons. The Bertz CT molecular complexity index is 680. The summed E-state index contributed by atoms with van der Waals surface area (Å²) in [6.45, 7) is 8.63. The summed E-state index contributed by atoms with van der Waals surface area (Å²) >= 11 is 0. The monoisotopic (exact) mass is 327 g/mol. The number of para-hydroxylation sites is 3. The predicted octanol–water partition coefficient (Wildman–Crippen LogP) is 4.76. The van der Waals surface area contributed by atoms with E-state index in [0.29, 0.717) is 35.3 Å². The van der Waals surface area contributed by atoms with Crippen molar-refractivity contribution >= 4 is 11.6 Å². The second kappa shape index (κ2) is 8.39. The van der Waals surface area contributed by atoms with Gasteiger partial charge in [-0.1, -0.05) is 38.1 Å². The lowest BCUT2D eigenvalue weighted by Crippen LogP contribution is -2.16. The predicted molar refractivity (Wildman–Crippen MR) is 96.9 cm³/mol. The fraction of sp³-hybridized carbons (Fsp3) is 0.350. The van der Waals surface area contributed by atoms with Crippen molar-refractivity contribution in [2.24, 2.45) is 5.92 Å². The Hall–Kier alpha value is -2.49. The highest BCUT2D eigenvalue weighted by Gasteiger charge is 2.15. The molecule has 0 unspecified atom stereocenters. The molecular formula is C20H25NO3. The van der Waals surface area contributed by atoms with Gasteiger partial charge in [0.25, 0.3) is 5.91 Å². The van der Waals surface area contributed by atoms with Gasteiger partial charge in [-0.05, 0) is 44.0 Å². The molecule has 24 heavy (non-hydrogen) atoms. The van der Waals surface area contributed by atoms with Crippen LogP contribution in [-0.4, -0.2) is 18.6 Å². The summed E-state index contributed by atoms with van der Waals surface area (Å²) in [5.74, 6) is 1.44. The average Bonchev–Trinajstić information content (AvgIpc) is 2.54. The number of hydrogen-bond acceptors (Lipinski definition) is 3. The third kappa shape index (κ3) is 5.01. The summed E-state index contributed by atoms with van der Waals surface area (Å²) in [5, 5.41) is 2.92. The van der Waals surface area contributed by atoms with Crippen LogP contribution in [0.25, 0.3) is 0 Å². The molecular weight excluding hydrogens is 302 g/mol. The minimum Gasteiger partial charge on any atom is -0.491 e. The molecule has 0 radical (unpaired) electrons. The van der Waals surface area contributed by atoms with E-state index < -0.39 is 0 Å². The molecule has 2 aromatic carbocycles. The summed E-state index contributed by atoms with van der Waals surface area (Å²) in [5.41, 5.74) is 1.16. The lowest BCUT2D eigenvalue weighted by molar-refractivity contribution is 0.102. The van der Waals surface area contributed by atoms with Crippen LogP contribution in [0.1, 0.15) is 38.1 Å². The van der Waals surface area contributed by atoms with Crippen molar-refractivity contribution in [3.63, 3.8) is 0 Å². The molecule has 0 spiro atoms. The van der Waals surface area contributed by atoms with Crippen molar-refractivity contribution in [3.8, 4) is 11.5 Å². The van der Waals surface area contributed by atoms with Gasteiger partial charge >= 0.3 is 0 Å². The van der Waals surface area contributed by atoms with Gasteiger partial charge in [0.15, 0.2) is 0 Å². The smallest absolute Gasteiger partial charge is 0.259 e. The second-order valence-electron chi connectivity index (χ2n) is 6.32. The highest BCUT2D eigenvalue weighted by atomic mass is 16.5. The highest BCUT2D eigenvalue weighted by molar-refractivity contribution is 6.06. The van der Waals surface area contributed by atoms with E-state index in [1.807, 2.05) is 50.2 Å². The maximum Gasteiger partial charge on any atom is 0.259 e. The standard InChI is InChI=1S/C20H25NO3/c1-14(2)13-23-19-12-8-6-10-17(19)21-20(22)16-9-5-7-11-18(16)24-15(3)4/h5-12,14-15H,13H2,1-4H3,(H,21,22). The number of hydrogen-bond donors (Lipinski definition) is 1. The molecule has 0 saturated carbocycles. The van der Waals surface area contributed by atoms with Gasteiger partial charge in [0.1, 0.15) is 11.5 Å². The molecule has 0 saturated heterocycles. The van der Waals surface area contributed by atoms with E-state index >= 15 is 0 Å². The van der Waals surface area contributed by atoms with Crippen molar-refractivity contribution in [2.75, 3.05) is 11.9 Å². The first kappa shape index (κ1) is 17.9. The fourth-order valence-electron chi connectivity index (χ4n) is 2.15. The van der Waals surface area contributed by atoms with Crippen LogP contribution in [-0.2, 0) is 0 Å². The molecule has 0 aliphatic heterocycles. The quantitative estimate of drug-likeness (QED) is 0.797. The molecule has 2 rings (SSSR count). The Morgan fingerprint density at radius 2 is 1.58 bits per heavy atom. The van der Waals surface area contributed by atoms with Crippen molar-refractivity contribution < 1.29 is 14.3 Å². The second-order valence-corrected chi connectivity index (χ2v) is 6.32. The zero-order chi connectivity index (χ0) is 17.5. The number of rotatable bonds is 7. The first-order valence-electron chi connectivity index (χ1n) is 8.26. The number of carbonyl (C=O) groups excluding carboxylic acids is 1. The van der Waals surface area contributed by atoms with Crippen LogP contribution < -0.4 is 14.8 Å². The Morgan fingerprint density at radius 1 is 0.958 bits per heavy atom. The number of carbonyl (C=O) groups is 1. The molecule has 0 aromatic heterocycles. The van der Waals surface area contributed by atoms with Crippen LogP contribution in [0.5, 0.6) is 11.5 Å². The minimum atomic E-state index is -0.216. The molecule has 0 heterocycles. The van der Waals surface area contributed by atoms with Gasteiger partial charge in [-0.25, -0.2) is 0 Å². The van der Waals surface area contributed by atoms with Gasteiger partial charge < -0.3 is 14.8 Å². The third-order valence-electron chi connectivity index (χ3n) is 3.20. The molecule has 0 bridgehead atoms. The summed E-state index contributed by atoms with van der Waals surface area (Å²) in [4.78, 5) is 12.7. The molecule has 1 amide bonds. The van der Waals surface area contributed by atoms with E-state index in [1.54, 1.807) is 12.1 Å². The zero-order valence-electron chi connectivity index (χ0n) is 14.7. The van der Waals surface area contributed by atoms with E-state index in [2.05, 4.69) is 19.2 Å². The average molecular weight is 327 g/mol. The maximum absolute atomic E-state index is 12.7. The summed E-state index contributed by atoms with van der Waals surface area (Å²) in [6.07, 6.45) is 0.000566. The third-order valence-corrected chi connectivity index (χ3v) is 3.20. The highest BCUT2D eigenvalue weighted by Crippen LogP contribution is 2.27. The molecule has 0 fully saturated rings. The SMILES string of the molecule is CC(C)COc1ccccc1NC(=O)c1ccccc1OC(C)C. The Morgan fingerprint density at radius 3 is 2.25 bits per heavy atom. The molecule has 0 aliphatic carbocycles. The number of anilines is 1. The summed E-state index contributed by atoms with van der Waals surface area (Å²) in [7, 11) is 0. The van der Waals surface area contributed by atoms with Gasteiger partial charge in [-0.2, -0.15) is 0 Å². The molecule has 4 nitrogen and oxygen atoms in total. The van der Waals surface area contributed by atoms with Crippen LogP contribution >= 0.6 is 0 Å². The van der Waals surface area contributed by atoms with Gasteiger partial charge in [0, 0.05) is 0 Å². The van der Waals surface area contributed by atoms with Crippen molar-refractivity contribution in [2.45, 2.75) is 33.8 Å². The van der Waals surface area contributed by atoms with Gasteiger partial charge in [-0.3, -0.25) is 4.79 Å². The molecule has 0 atom stereocenters. The number of nitrogens with one attached hydrogen (secondary N) is 1.